The number of aromatic carboxylic acids is 1. The number of ether oxygens (including phenoxy) is 1. The van der Waals surface area contributed by atoms with Crippen LogP contribution in [-0.2, 0) is 4.74 Å². The van der Waals surface area contributed by atoms with E-state index >= 15 is 0 Å². The number of pyridine rings is 1. The summed E-state index contributed by atoms with van der Waals surface area (Å²) in [6.07, 6.45) is 2.54. The van der Waals surface area contributed by atoms with Crippen LogP contribution >= 0.6 is 0 Å². The minimum Gasteiger partial charge on any atom is -0.478 e. The Morgan fingerprint density at radius 1 is 1.69 bits per heavy atom. The molecule has 1 aliphatic rings. The maximum Gasteiger partial charge on any atom is 0.339 e. The number of rotatable bonds is 3. The van der Waals surface area contributed by atoms with E-state index in [0.29, 0.717) is 12.4 Å². The zero-order valence-corrected chi connectivity index (χ0v) is 9.01. The fourth-order valence-electron chi connectivity index (χ4n) is 1.79. The van der Waals surface area contributed by atoms with E-state index in [0.717, 1.165) is 6.42 Å². The van der Waals surface area contributed by atoms with Gasteiger partial charge in [0.15, 0.2) is 0 Å². The number of carboxylic acids is 1. The molecule has 2 atom stereocenters. The SMILES string of the molecule is CC1OCCC1Nc1ncccc1C(=O)O. The lowest BCUT2D eigenvalue weighted by Gasteiger charge is -2.17. The highest BCUT2D eigenvalue weighted by Crippen LogP contribution is 2.19. The second-order valence-corrected chi connectivity index (χ2v) is 3.82. The van der Waals surface area contributed by atoms with E-state index in [1.165, 1.54) is 6.07 Å². The van der Waals surface area contributed by atoms with Gasteiger partial charge < -0.3 is 15.2 Å². The summed E-state index contributed by atoms with van der Waals surface area (Å²) in [5, 5.41) is 12.1. The first-order valence-corrected chi connectivity index (χ1v) is 5.25. The molecule has 0 amide bonds. The maximum absolute atomic E-state index is 11.0. The van der Waals surface area contributed by atoms with Crippen LogP contribution in [0.25, 0.3) is 0 Å². The molecule has 0 bridgehead atoms. The molecule has 1 aromatic heterocycles. The number of anilines is 1. The van der Waals surface area contributed by atoms with Crippen LogP contribution in [0.5, 0.6) is 0 Å². The van der Waals surface area contributed by atoms with Crippen molar-refractivity contribution in [3.63, 3.8) is 0 Å². The summed E-state index contributed by atoms with van der Waals surface area (Å²) in [7, 11) is 0. The van der Waals surface area contributed by atoms with Gasteiger partial charge in [-0.25, -0.2) is 9.78 Å². The van der Waals surface area contributed by atoms with E-state index < -0.39 is 5.97 Å². The second kappa shape index (κ2) is 4.49. The van der Waals surface area contributed by atoms with Crippen LogP contribution in [0.3, 0.4) is 0 Å². The predicted molar refractivity (Wildman–Crippen MR) is 58.6 cm³/mol. The van der Waals surface area contributed by atoms with Gasteiger partial charge in [0.05, 0.1) is 12.1 Å². The Morgan fingerprint density at radius 2 is 2.50 bits per heavy atom. The molecule has 2 heterocycles. The molecule has 2 unspecified atom stereocenters. The lowest BCUT2D eigenvalue weighted by atomic mass is 10.1. The highest BCUT2D eigenvalue weighted by atomic mass is 16.5. The van der Waals surface area contributed by atoms with Gasteiger partial charge in [-0.2, -0.15) is 0 Å². The van der Waals surface area contributed by atoms with E-state index in [2.05, 4.69) is 10.3 Å². The smallest absolute Gasteiger partial charge is 0.339 e. The van der Waals surface area contributed by atoms with Crippen molar-refractivity contribution in [2.45, 2.75) is 25.5 Å². The molecule has 0 aromatic carbocycles. The number of nitrogens with zero attached hydrogens (tertiary/aromatic N) is 1. The average molecular weight is 222 g/mol. The monoisotopic (exact) mass is 222 g/mol. The van der Waals surface area contributed by atoms with Crippen molar-refractivity contribution >= 4 is 11.8 Å². The summed E-state index contributed by atoms with van der Waals surface area (Å²) in [5.41, 5.74) is 0.196. The summed E-state index contributed by atoms with van der Waals surface area (Å²) < 4.78 is 5.40. The van der Waals surface area contributed by atoms with Crippen LogP contribution in [0.2, 0.25) is 0 Å². The third-order valence-corrected chi connectivity index (χ3v) is 2.74. The predicted octanol–water partition coefficient (Wildman–Crippen LogP) is 1.37. The highest BCUT2D eigenvalue weighted by molar-refractivity contribution is 5.93. The number of hydrogen-bond donors (Lipinski definition) is 2. The molecule has 1 fully saturated rings. The van der Waals surface area contributed by atoms with Gasteiger partial charge >= 0.3 is 5.97 Å². The van der Waals surface area contributed by atoms with E-state index in [4.69, 9.17) is 9.84 Å². The Labute approximate surface area is 93.5 Å². The van der Waals surface area contributed by atoms with Gasteiger partial charge in [0.2, 0.25) is 0 Å². The van der Waals surface area contributed by atoms with Crippen molar-refractivity contribution in [2.24, 2.45) is 0 Å². The topological polar surface area (TPSA) is 71.5 Å². The highest BCUT2D eigenvalue weighted by Gasteiger charge is 2.25. The minimum absolute atomic E-state index is 0.0867. The molecule has 5 nitrogen and oxygen atoms in total. The molecule has 0 spiro atoms. The van der Waals surface area contributed by atoms with Crippen molar-refractivity contribution in [1.82, 2.24) is 4.98 Å². The molecule has 16 heavy (non-hydrogen) atoms. The molecule has 2 N–H and O–H groups in total. The van der Waals surface area contributed by atoms with Crippen LogP contribution in [0.4, 0.5) is 5.82 Å². The molecule has 0 aliphatic carbocycles. The standard InChI is InChI=1S/C11H14N2O3/c1-7-9(4-6-16-7)13-10-8(11(14)15)3-2-5-12-10/h2-3,5,7,9H,4,6H2,1H3,(H,12,13)(H,14,15). The van der Waals surface area contributed by atoms with Gasteiger partial charge in [-0.15, -0.1) is 0 Å². The first-order valence-electron chi connectivity index (χ1n) is 5.25. The number of aromatic nitrogens is 1. The summed E-state index contributed by atoms with van der Waals surface area (Å²) in [6.45, 7) is 2.67. The molecule has 86 valence electrons. The van der Waals surface area contributed by atoms with E-state index in [1.807, 2.05) is 6.92 Å². The third kappa shape index (κ3) is 2.14. The molecule has 0 radical (unpaired) electrons. The lowest BCUT2D eigenvalue weighted by Crippen LogP contribution is -2.28. The Bertz CT molecular complexity index is 395. The lowest BCUT2D eigenvalue weighted by molar-refractivity contribution is 0.0697. The van der Waals surface area contributed by atoms with E-state index in [-0.39, 0.29) is 17.7 Å². The van der Waals surface area contributed by atoms with Crippen molar-refractivity contribution in [1.29, 1.82) is 0 Å². The van der Waals surface area contributed by atoms with E-state index in [1.54, 1.807) is 12.3 Å². The van der Waals surface area contributed by atoms with Gasteiger partial charge in [0.25, 0.3) is 0 Å². The molecule has 1 aliphatic heterocycles. The zero-order valence-electron chi connectivity index (χ0n) is 9.01. The van der Waals surface area contributed by atoms with Crippen LogP contribution in [0.15, 0.2) is 18.3 Å². The Morgan fingerprint density at radius 3 is 3.12 bits per heavy atom. The number of carboxylic acid groups (broad SMARTS) is 1. The first kappa shape index (κ1) is 10.9. The van der Waals surface area contributed by atoms with Gasteiger partial charge in [-0.1, -0.05) is 0 Å². The van der Waals surface area contributed by atoms with Crippen molar-refractivity contribution in [2.75, 3.05) is 11.9 Å². The molecule has 1 aromatic rings. The molecule has 1 saturated heterocycles. The first-order chi connectivity index (χ1) is 7.68. The number of nitrogens with one attached hydrogen (secondary N) is 1. The Hall–Kier alpha value is -1.62. The summed E-state index contributed by atoms with van der Waals surface area (Å²) >= 11 is 0. The van der Waals surface area contributed by atoms with Gasteiger partial charge in [-0.05, 0) is 25.5 Å². The number of hydrogen-bond acceptors (Lipinski definition) is 4. The van der Waals surface area contributed by atoms with Gasteiger partial charge in [0, 0.05) is 12.8 Å². The Balaban J connectivity index is 2.17. The molecular formula is C11H14N2O3. The Kier molecular flexibility index (Phi) is 3.05. The van der Waals surface area contributed by atoms with Gasteiger partial charge in [0.1, 0.15) is 11.4 Å². The summed E-state index contributed by atoms with van der Waals surface area (Å²) in [6, 6.07) is 3.29. The second-order valence-electron chi connectivity index (χ2n) is 3.82. The molecule has 0 saturated carbocycles. The fourth-order valence-corrected chi connectivity index (χ4v) is 1.79. The normalized spacial score (nSPS) is 24.3. The number of carbonyl (C=O) groups is 1. The minimum atomic E-state index is -0.970. The van der Waals surface area contributed by atoms with Crippen LogP contribution in [0, 0.1) is 0 Å². The molecule has 2 rings (SSSR count). The fraction of sp³-hybridized carbons (Fsp3) is 0.455. The molecular weight excluding hydrogens is 208 g/mol. The zero-order chi connectivity index (χ0) is 11.5. The summed E-state index contributed by atoms with van der Waals surface area (Å²) in [4.78, 5) is 15.0. The van der Waals surface area contributed by atoms with Crippen LogP contribution in [-0.4, -0.2) is 34.8 Å². The average Bonchev–Trinajstić information content (AvgIpc) is 2.65. The third-order valence-electron chi connectivity index (χ3n) is 2.74. The van der Waals surface area contributed by atoms with E-state index in [9.17, 15) is 4.79 Å². The maximum atomic E-state index is 11.0. The quantitative estimate of drug-likeness (QED) is 0.808. The van der Waals surface area contributed by atoms with Crippen molar-refractivity contribution < 1.29 is 14.6 Å². The molecule has 5 heteroatoms. The van der Waals surface area contributed by atoms with Crippen molar-refractivity contribution in [3.8, 4) is 0 Å². The largest absolute Gasteiger partial charge is 0.478 e. The van der Waals surface area contributed by atoms with Crippen LogP contribution in [0.1, 0.15) is 23.7 Å². The summed E-state index contributed by atoms with van der Waals surface area (Å²) in [5.74, 6) is -0.556. The van der Waals surface area contributed by atoms with Gasteiger partial charge in [-0.3, -0.25) is 0 Å². The van der Waals surface area contributed by atoms with Crippen molar-refractivity contribution in [3.05, 3.63) is 23.9 Å². The van der Waals surface area contributed by atoms with Crippen LogP contribution < -0.4 is 5.32 Å².